The average molecular weight is 580 g/mol. The Hall–Kier alpha value is -2.70. The fraction of sp³-hybridized carbons (Fsp3) is 0.500. The van der Waals surface area contributed by atoms with Crippen molar-refractivity contribution in [3.63, 3.8) is 0 Å². The first-order valence-electron chi connectivity index (χ1n) is 10.3. The second kappa shape index (κ2) is 13.4. The Labute approximate surface area is 214 Å². The summed E-state index contributed by atoms with van der Waals surface area (Å²) in [6, 6.07) is 6.22. The molecule has 1 aromatic rings. The average Bonchev–Trinajstić information content (AvgIpc) is 2.79. The van der Waals surface area contributed by atoms with Gasteiger partial charge in [-0.1, -0.05) is 34.1 Å². The molecule has 0 N–H and O–H groups in total. The molecule has 0 spiro atoms. The molecule has 1 aromatic carbocycles. The summed E-state index contributed by atoms with van der Waals surface area (Å²) in [6.07, 6.45) is -4.88. The molecule has 1 aliphatic heterocycles. The highest BCUT2D eigenvalue weighted by atomic mass is 79.9. The van der Waals surface area contributed by atoms with Gasteiger partial charge in [0.2, 0.25) is 0 Å². The second-order valence-electron chi connectivity index (χ2n) is 7.30. The lowest BCUT2D eigenvalue weighted by atomic mass is 9.99. The van der Waals surface area contributed by atoms with Gasteiger partial charge in [-0.3, -0.25) is 19.2 Å². The van der Waals surface area contributed by atoms with E-state index in [9.17, 15) is 24.0 Å². The van der Waals surface area contributed by atoms with E-state index >= 15 is 0 Å². The van der Waals surface area contributed by atoms with Crippen LogP contribution in [0.15, 0.2) is 24.3 Å². The van der Waals surface area contributed by atoms with E-state index in [-0.39, 0.29) is 24.7 Å². The van der Waals surface area contributed by atoms with Gasteiger partial charge in [-0.25, -0.2) is 4.79 Å². The summed E-state index contributed by atoms with van der Waals surface area (Å²) in [7, 11) is 0. The van der Waals surface area contributed by atoms with E-state index in [1.165, 1.54) is 13.0 Å². The van der Waals surface area contributed by atoms with Gasteiger partial charge in [0, 0.05) is 26.3 Å². The molecule has 5 atom stereocenters. The molecule has 1 saturated heterocycles. The van der Waals surface area contributed by atoms with Gasteiger partial charge >= 0.3 is 29.8 Å². The van der Waals surface area contributed by atoms with Crippen molar-refractivity contribution >= 4 is 57.4 Å². The Balaban J connectivity index is 2.32. The van der Waals surface area contributed by atoms with Crippen molar-refractivity contribution < 1.29 is 52.4 Å². The van der Waals surface area contributed by atoms with E-state index in [1.54, 1.807) is 18.2 Å². The number of rotatable bonds is 9. The van der Waals surface area contributed by atoms with Crippen molar-refractivity contribution in [3.05, 3.63) is 35.4 Å². The quantitative estimate of drug-likeness (QED) is 0.241. The summed E-state index contributed by atoms with van der Waals surface area (Å²) in [6.45, 7) is 2.90. The van der Waals surface area contributed by atoms with Crippen LogP contribution in [0.1, 0.15) is 36.7 Å². The Morgan fingerprint density at radius 3 is 2.11 bits per heavy atom. The molecule has 0 amide bonds. The molecule has 0 saturated carbocycles. The van der Waals surface area contributed by atoms with Crippen molar-refractivity contribution in [2.24, 2.45) is 0 Å². The first-order chi connectivity index (χ1) is 16.5. The zero-order valence-electron chi connectivity index (χ0n) is 19.1. The van der Waals surface area contributed by atoms with Gasteiger partial charge in [0.15, 0.2) is 23.3 Å². The molecule has 35 heavy (non-hydrogen) atoms. The maximum absolute atomic E-state index is 13.1. The highest BCUT2D eigenvalue weighted by Crippen LogP contribution is 2.32. The number of benzene rings is 1. The van der Waals surface area contributed by atoms with Gasteiger partial charge < -0.3 is 28.4 Å². The lowest BCUT2D eigenvalue weighted by molar-refractivity contribution is -0.230. The molecule has 2 rings (SSSR count). The molecule has 1 aliphatic rings. The predicted molar refractivity (Wildman–Crippen MR) is 121 cm³/mol. The zero-order valence-corrected chi connectivity index (χ0v) is 21.4. The summed E-state index contributed by atoms with van der Waals surface area (Å²) < 4.78 is 32.0. The molecule has 0 unspecified atom stereocenters. The molecule has 13 heteroatoms. The highest BCUT2D eigenvalue weighted by Gasteiger charge is 2.51. The van der Waals surface area contributed by atoms with Crippen LogP contribution >= 0.6 is 27.5 Å². The van der Waals surface area contributed by atoms with Gasteiger partial charge in [-0.2, -0.15) is 0 Å². The molecular formula is C22H24BrClO11. The molecular weight excluding hydrogens is 556 g/mol. The van der Waals surface area contributed by atoms with Crippen molar-refractivity contribution in [1.82, 2.24) is 0 Å². The minimum absolute atomic E-state index is 0.0715. The van der Waals surface area contributed by atoms with E-state index in [0.29, 0.717) is 5.56 Å². The van der Waals surface area contributed by atoms with E-state index in [2.05, 4.69) is 15.9 Å². The molecule has 1 heterocycles. The molecule has 0 bridgehead atoms. The zero-order chi connectivity index (χ0) is 26.1. The molecule has 0 aromatic heterocycles. The van der Waals surface area contributed by atoms with Crippen LogP contribution in [0.4, 0.5) is 0 Å². The minimum Gasteiger partial charge on any atom is -0.463 e. The Morgan fingerprint density at radius 2 is 1.51 bits per heavy atom. The van der Waals surface area contributed by atoms with E-state index in [0.717, 1.165) is 13.8 Å². The van der Waals surface area contributed by atoms with Crippen molar-refractivity contribution in [2.45, 2.75) is 56.8 Å². The first kappa shape index (κ1) is 28.5. The van der Waals surface area contributed by atoms with Crippen molar-refractivity contribution in [1.29, 1.82) is 0 Å². The Kier molecular flexibility index (Phi) is 10.9. The number of alkyl halides is 2. The highest BCUT2D eigenvalue weighted by molar-refractivity contribution is 9.09. The maximum atomic E-state index is 13.1. The normalized spacial score (nSPS) is 23.5. The lowest BCUT2D eigenvalue weighted by Crippen LogP contribution is -2.61. The van der Waals surface area contributed by atoms with Crippen LogP contribution < -0.4 is 0 Å². The fourth-order valence-electron chi connectivity index (χ4n) is 3.21. The van der Waals surface area contributed by atoms with Gasteiger partial charge in [0.1, 0.15) is 25.2 Å². The second-order valence-corrected chi connectivity index (χ2v) is 8.47. The van der Waals surface area contributed by atoms with E-state index in [4.69, 9.17) is 40.0 Å². The van der Waals surface area contributed by atoms with Gasteiger partial charge in [0.05, 0.1) is 5.56 Å². The summed E-state index contributed by atoms with van der Waals surface area (Å²) in [4.78, 5) is 59.4. The van der Waals surface area contributed by atoms with Crippen LogP contribution in [0.3, 0.4) is 0 Å². The number of hydrogen-bond acceptors (Lipinski definition) is 11. The largest absolute Gasteiger partial charge is 0.463 e. The molecule has 0 radical (unpaired) electrons. The number of halogens is 2. The van der Waals surface area contributed by atoms with Crippen LogP contribution in [-0.2, 0) is 54.2 Å². The monoisotopic (exact) mass is 578 g/mol. The van der Waals surface area contributed by atoms with Crippen LogP contribution in [-0.4, -0.2) is 71.8 Å². The number of carbonyl (C=O) groups excluding carboxylic acids is 5. The third-order valence-corrected chi connectivity index (χ3v) is 5.57. The van der Waals surface area contributed by atoms with Gasteiger partial charge in [-0.05, 0) is 6.07 Å². The van der Waals surface area contributed by atoms with Crippen LogP contribution in [0.2, 0.25) is 0 Å². The fourth-order valence-corrected chi connectivity index (χ4v) is 3.98. The van der Waals surface area contributed by atoms with Crippen LogP contribution in [0, 0.1) is 0 Å². The predicted octanol–water partition coefficient (Wildman–Crippen LogP) is 2.04. The SMILES string of the molecule is CC(=O)OC[C@H]1O[C@H](Br)[C@H](OC(=O)c2ccccc2COC(=O)CCl)[C@@H](OC(C)=O)[C@@H]1OC(C)=O. The molecule has 1 fully saturated rings. The standard InChI is InChI=1S/C22H24BrClO11/c1-11(25)30-10-16-18(32-12(2)26)19(33-13(3)27)20(21(23)34-16)35-22(29)15-7-5-4-6-14(15)9-31-17(28)8-24/h4-7,16,18-21H,8-10H2,1-3H3/t16-,18-,19+,20-,21+/m1/s1. The summed E-state index contributed by atoms with van der Waals surface area (Å²) >= 11 is 8.68. The summed E-state index contributed by atoms with van der Waals surface area (Å²) in [5, 5.41) is -1.04. The van der Waals surface area contributed by atoms with E-state index in [1.807, 2.05) is 0 Å². The molecule has 192 valence electrons. The van der Waals surface area contributed by atoms with Crippen LogP contribution in [0.25, 0.3) is 0 Å². The third kappa shape index (κ3) is 8.48. The Bertz CT molecular complexity index is 953. The number of esters is 5. The van der Waals surface area contributed by atoms with Gasteiger partial charge in [-0.15, -0.1) is 11.6 Å². The smallest absolute Gasteiger partial charge is 0.339 e. The molecule has 11 nitrogen and oxygen atoms in total. The van der Waals surface area contributed by atoms with Gasteiger partial charge in [0.25, 0.3) is 0 Å². The van der Waals surface area contributed by atoms with E-state index < -0.39 is 59.3 Å². The lowest BCUT2D eigenvalue weighted by Gasteiger charge is -2.42. The topological polar surface area (TPSA) is 141 Å². The number of carbonyl (C=O) groups is 5. The van der Waals surface area contributed by atoms with Crippen molar-refractivity contribution in [3.8, 4) is 0 Å². The molecule has 0 aliphatic carbocycles. The maximum Gasteiger partial charge on any atom is 0.339 e. The first-order valence-corrected chi connectivity index (χ1v) is 11.8. The van der Waals surface area contributed by atoms with Crippen LogP contribution in [0.5, 0.6) is 0 Å². The summed E-state index contributed by atoms with van der Waals surface area (Å²) in [5.74, 6) is -3.95. The third-order valence-electron chi connectivity index (χ3n) is 4.61. The Morgan fingerprint density at radius 1 is 0.886 bits per heavy atom. The number of ether oxygens (including phenoxy) is 6. The minimum atomic E-state index is -1.31. The number of hydrogen-bond donors (Lipinski definition) is 0. The summed E-state index contributed by atoms with van der Waals surface area (Å²) in [5.41, 5.74) is 0.411. The van der Waals surface area contributed by atoms with Crippen molar-refractivity contribution in [2.75, 3.05) is 12.5 Å².